The van der Waals surface area contributed by atoms with Crippen molar-refractivity contribution in [3.63, 3.8) is 0 Å². The number of hydrogen-bond acceptors (Lipinski definition) is 3. The van der Waals surface area contributed by atoms with Crippen LogP contribution in [0.3, 0.4) is 0 Å². The number of nitrogens with one attached hydrogen (secondary N) is 1. The second kappa shape index (κ2) is 7.13. The second-order valence-electron chi connectivity index (χ2n) is 5.00. The third-order valence-corrected chi connectivity index (χ3v) is 4.67. The van der Waals surface area contributed by atoms with Crippen molar-refractivity contribution in [3.05, 3.63) is 0 Å². The molecule has 1 heterocycles. The van der Waals surface area contributed by atoms with E-state index in [1.807, 2.05) is 0 Å². The van der Waals surface area contributed by atoms with Gasteiger partial charge in [-0.3, -0.25) is 3.53 Å². The molecule has 16 heavy (non-hydrogen) atoms. The standard InChI is InChI=1S/C12H23IN2O/c13-14-11-3-5-12(6-4-11)16-10-9-15-7-1-2-8-15/h11-12,14H,1-10H2/t11-,12-. The molecule has 94 valence electrons. The summed E-state index contributed by atoms with van der Waals surface area (Å²) in [6, 6.07) is 0.721. The van der Waals surface area contributed by atoms with Crippen LogP contribution in [0.1, 0.15) is 38.5 Å². The highest BCUT2D eigenvalue weighted by atomic mass is 127. The molecule has 0 amide bonds. The molecule has 4 heteroatoms. The van der Waals surface area contributed by atoms with Crippen LogP contribution in [0.15, 0.2) is 0 Å². The van der Waals surface area contributed by atoms with Crippen LogP contribution in [0, 0.1) is 0 Å². The minimum absolute atomic E-state index is 0.531. The van der Waals surface area contributed by atoms with Gasteiger partial charge in [-0.2, -0.15) is 0 Å². The third kappa shape index (κ3) is 4.13. The Hall–Kier alpha value is 0.610. The van der Waals surface area contributed by atoms with Crippen molar-refractivity contribution < 1.29 is 4.74 Å². The summed E-state index contributed by atoms with van der Waals surface area (Å²) in [7, 11) is 0. The minimum atomic E-state index is 0.531. The molecule has 0 aromatic heterocycles. The van der Waals surface area contributed by atoms with E-state index in [9.17, 15) is 0 Å². The maximum atomic E-state index is 5.97. The number of likely N-dealkylation sites (tertiary alicyclic amines) is 1. The monoisotopic (exact) mass is 338 g/mol. The predicted octanol–water partition coefficient (Wildman–Crippen LogP) is 2.35. The summed E-state index contributed by atoms with van der Waals surface area (Å²) in [5.74, 6) is 0. The van der Waals surface area contributed by atoms with E-state index in [4.69, 9.17) is 4.74 Å². The summed E-state index contributed by atoms with van der Waals surface area (Å²) in [5, 5.41) is 0. The van der Waals surface area contributed by atoms with Gasteiger partial charge in [-0.25, -0.2) is 0 Å². The lowest BCUT2D eigenvalue weighted by Crippen LogP contribution is -2.32. The van der Waals surface area contributed by atoms with Gasteiger partial charge in [0.2, 0.25) is 0 Å². The predicted molar refractivity (Wildman–Crippen MR) is 74.8 cm³/mol. The fourth-order valence-electron chi connectivity index (χ4n) is 2.69. The molecule has 1 aliphatic heterocycles. The van der Waals surface area contributed by atoms with Gasteiger partial charge in [0, 0.05) is 35.5 Å². The Bertz CT molecular complexity index is 189. The molecular weight excluding hydrogens is 315 g/mol. The Morgan fingerprint density at radius 1 is 1.12 bits per heavy atom. The third-order valence-electron chi connectivity index (χ3n) is 3.79. The Kier molecular flexibility index (Phi) is 5.82. The fourth-order valence-corrected chi connectivity index (χ4v) is 3.32. The molecule has 3 nitrogen and oxygen atoms in total. The molecule has 0 bridgehead atoms. The van der Waals surface area contributed by atoms with Crippen molar-refractivity contribution in [1.29, 1.82) is 0 Å². The zero-order chi connectivity index (χ0) is 11.2. The van der Waals surface area contributed by atoms with Crippen LogP contribution in [0.5, 0.6) is 0 Å². The first-order valence-corrected chi connectivity index (χ1v) is 7.66. The van der Waals surface area contributed by atoms with Gasteiger partial charge in [-0.05, 0) is 51.6 Å². The Balaban J connectivity index is 1.53. The lowest BCUT2D eigenvalue weighted by molar-refractivity contribution is 0.0154. The summed E-state index contributed by atoms with van der Waals surface area (Å²) >= 11 is 2.27. The summed E-state index contributed by atoms with van der Waals surface area (Å²) in [6.45, 7) is 4.65. The highest BCUT2D eigenvalue weighted by molar-refractivity contribution is 14.1. The number of ether oxygens (including phenoxy) is 1. The molecule has 1 N–H and O–H groups in total. The summed E-state index contributed by atoms with van der Waals surface area (Å²) in [4.78, 5) is 2.53. The normalized spacial score (nSPS) is 32.1. The molecule has 1 aliphatic carbocycles. The first-order valence-electron chi connectivity index (χ1n) is 6.58. The van der Waals surface area contributed by atoms with E-state index in [1.165, 1.54) is 51.6 Å². The highest BCUT2D eigenvalue weighted by Crippen LogP contribution is 2.21. The van der Waals surface area contributed by atoms with Crippen LogP contribution < -0.4 is 3.53 Å². The quantitative estimate of drug-likeness (QED) is 0.615. The van der Waals surface area contributed by atoms with Crippen molar-refractivity contribution in [2.45, 2.75) is 50.7 Å². The maximum Gasteiger partial charge on any atom is 0.0597 e. The van der Waals surface area contributed by atoms with Crippen molar-refractivity contribution >= 4 is 22.9 Å². The summed E-state index contributed by atoms with van der Waals surface area (Å²) < 4.78 is 9.30. The van der Waals surface area contributed by atoms with Gasteiger partial charge in [-0.15, -0.1) is 0 Å². The molecule has 1 saturated heterocycles. The van der Waals surface area contributed by atoms with Gasteiger partial charge in [0.25, 0.3) is 0 Å². The first kappa shape index (κ1) is 13.1. The molecule has 0 radical (unpaired) electrons. The Labute approximate surface area is 113 Å². The summed E-state index contributed by atoms with van der Waals surface area (Å²) in [5.41, 5.74) is 0. The molecule has 2 fully saturated rings. The Morgan fingerprint density at radius 2 is 1.81 bits per heavy atom. The van der Waals surface area contributed by atoms with E-state index >= 15 is 0 Å². The molecule has 0 aromatic rings. The minimum Gasteiger partial charge on any atom is -0.377 e. The molecular formula is C12H23IN2O. The number of nitrogens with zero attached hydrogens (tertiary/aromatic N) is 1. The molecule has 2 rings (SSSR count). The van der Waals surface area contributed by atoms with Crippen LogP contribution in [0.4, 0.5) is 0 Å². The zero-order valence-electron chi connectivity index (χ0n) is 9.96. The summed E-state index contributed by atoms with van der Waals surface area (Å²) in [6.07, 6.45) is 8.32. The van der Waals surface area contributed by atoms with Crippen molar-refractivity contribution in [2.24, 2.45) is 0 Å². The highest BCUT2D eigenvalue weighted by Gasteiger charge is 2.21. The van der Waals surface area contributed by atoms with Crippen LogP contribution >= 0.6 is 22.9 Å². The van der Waals surface area contributed by atoms with Crippen LogP contribution in [-0.2, 0) is 4.74 Å². The van der Waals surface area contributed by atoms with Crippen LogP contribution in [-0.4, -0.2) is 43.3 Å². The molecule has 2 aliphatic rings. The number of halogens is 1. The van der Waals surface area contributed by atoms with Gasteiger partial charge in [-0.1, -0.05) is 0 Å². The average molecular weight is 338 g/mol. The lowest BCUT2D eigenvalue weighted by Gasteiger charge is -2.28. The number of hydrogen-bond donors (Lipinski definition) is 1. The second-order valence-corrected chi connectivity index (χ2v) is 5.63. The molecule has 0 aromatic carbocycles. The fraction of sp³-hybridized carbons (Fsp3) is 1.00. The first-order chi connectivity index (χ1) is 7.88. The largest absolute Gasteiger partial charge is 0.377 e. The van der Waals surface area contributed by atoms with Gasteiger partial charge in [0.05, 0.1) is 12.7 Å². The van der Waals surface area contributed by atoms with Gasteiger partial charge >= 0.3 is 0 Å². The van der Waals surface area contributed by atoms with E-state index in [2.05, 4.69) is 31.3 Å². The van der Waals surface area contributed by atoms with Crippen molar-refractivity contribution in [2.75, 3.05) is 26.2 Å². The topological polar surface area (TPSA) is 24.5 Å². The van der Waals surface area contributed by atoms with E-state index in [-0.39, 0.29) is 0 Å². The Morgan fingerprint density at radius 3 is 2.44 bits per heavy atom. The smallest absolute Gasteiger partial charge is 0.0597 e. The zero-order valence-corrected chi connectivity index (χ0v) is 12.1. The molecule has 0 unspecified atom stereocenters. The number of rotatable bonds is 5. The SMILES string of the molecule is IN[C@H]1CC[C@H](OCCN2CCCC2)CC1. The van der Waals surface area contributed by atoms with Crippen LogP contribution in [0.25, 0.3) is 0 Å². The van der Waals surface area contributed by atoms with Crippen molar-refractivity contribution in [3.8, 4) is 0 Å². The van der Waals surface area contributed by atoms with E-state index < -0.39 is 0 Å². The maximum absolute atomic E-state index is 5.97. The molecule has 0 atom stereocenters. The van der Waals surface area contributed by atoms with E-state index in [0.29, 0.717) is 6.10 Å². The molecule has 0 spiro atoms. The lowest BCUT2D eigenvalue weighted by atomic mass is 9.94. The van der Waals surface area contributed by atoms with Gasteiger partial charge < -0.3 is 9.64 Å². The van der Waals surface area contributed by atoms with E-state index in [0.717, 1.165) is 19.2 Å². The van der Waals surface area contributed by atoms with Gasteiger partial charge in [0.1, 0.15) is 0 Å². The van der Waals surface area contributed by atoms with Gasteiger partial charge in [0.15, 0.2) is 0 Å². The van der Waals surface area contributed by atoms with Crippen LogP contribution in [0.2, 0.25) is 0 Å². The van der Waals surface area contributed by atoms with Crippen molar-refractivity contribution in [1.82, 2.24) is 8.43 Å². The average Bonchev–Trinajstić information content (AvgIpc) is 2.83. The molecule has 1 saturated carbocycles. The van der Waals surface area contributed by atoms with E-state index in [1.54, 1.807) is 0 Å².